The molecular weight excluding hydrogens is 809 g/mol. The van der Waals surface area contributed by atoms with Gasteiger partial charge in [-0.15, -0.1) is 0 Å². The maximum atomic E-state index is 10.9. The van der Waals surface area contributed by atoms with Crippen molar-refractivity contribution in [2.75, 3.05) is 0 Å². The van der Waals surface area contributed by atoms with Crippen LogP contribution >= 0.6 is 0 Å². The van der Waals surface area contributed by atoms with E-state index in [9.17, 15) is 19.2 Å². The van der Waals surface area contributed by atoms with E-state index in [1.807, 2.05) is 0 Å². The Balaban J connectivity index is -0.00000122. The first-order valence-electron chi connectivity index (χ1n) is 27.0. The van der Waals surface area contributed by atoms with Gasteiger partial charge in [-0.25, -0.2) is 0 Å². The highest BCUT2D eigenvalue weighted by Gasteiger charge is 2.21. The second-order valence-electron chi connectivity index (χ2n) is 20.2. The SMILES string of the molecule is C.C.CC(=O)c1ccc(C(C)=O)cc1.CC(=O)c1cccc(C(C)=O)c1.CCCCCCCCCC(CCCCCCCC(C)C)C(CCCCCCCCC)CCCCCCCC(C)C. The standard InChI is InChI=1S/C40H82.2C10H10O2.2CH4/c1-7-9-11-13-15-21-27-33-39(35-29-23-17-19-25-31-37(3)4)40(34-28-22-16-14-12-10-8-2)36-30-24-18-20-26-32-38(5)6;1-7(11)9-3-5-10(6-4-9)8(2)12;1-7(11)9-4-3-5-10(6-9)8(2)12;;/h37-40H,7-36H2,1-6H3;2*3-6H,1-2H3;2*1H4. The molecule has 4 heteroatoms. The summed E-state index contributed by atoms with van der Waals surface area (Å²) in [6, 6.07) is 13.4. The van der Waals surface area contributed by atoms with E-state index in [4.69, 9.17) is 0 Å². The summed E-state index contributed by atoms with van der Waals surface area (Å²) in [7, 11) is 0. The van der Waals surface area contributed by atoms with Gasteiger partial charge in [0, 0.05) is 22.3 Å². The lowest BCUT2D eigenvalue weighted by atomic mass is 9.78. The predicted octanol–water partition coefficient (Wildman–Crippen LogP) is 20.7. The van der Waals surface area contributed by atoms with Crippen LogP contribution in [0.25, 0.3) is 0 Å². The van der Waals surface area contributed by atoms with Gasteiger partial charge in [0.1, 0.15) is 0 Å². The van der Waals surface area contributed by atoms with Crippen LogP contribution in [0.1, 0.15) is 318 Å². The Morgan fingerprint density at radius 3 is 0.788 bits per heavy atom. The van der Waals surface area contributed by atoms with Crippen LogP contribution < -0.4 is 0 Å². The number of benzene rings is 2. The molecule has 4 nitrogen and oxygen atoms in total. The third kappa shape index (κ3) is 39.1. The lowest BCUT2D eigenvalue weighted by molar-refractivity contribution is 0.100. The number of Topliss-reactive ketones (excluding diaryl/α,β-unsaturated/α-hetero) is 4. The molecule has 0 saturated heterocycles. The Morgan fingerprint density at radius 2 is 0.561 bits per heavy atom. The van der Waals surface area contributed by atoms with Gasteiger partial charge in [-0.3, -0.25) is 19.2 Å². The van der Waals surface area contributed by atoms with Crippen molar-refractivity contribution < 1.29 is 19.2 Å². The molecule has 0 aliphatic carbocycles. The zero-order valence-electron chi connectivity index (χ0n) is 43.8. The quantitative estimate of drug-likeness (QED) is 0.0500. The molecule has 0 aliphatic heterocycles. The van der Waals surface area contributed by atoms with E-state index in [1.165, 1.54) is 220 Å². The summed E-state index contributed by atoms with van der Waals surface area (Å²) in [5.41, 5.74) is 2.45. The monoisotopic (exact) mass is 919 g/mol. The minimum atomic E-state index is -0.0156. The van der Waals surface area contributed by atoms with Gasteiger partial charge in [0.2, 0.25) is 0 Å². The number of hydrogen-bond donors (Lipinski definition) is 0. The van der Waals surface area contributed by atoms with Crippen molar-refractivity contribution in [3.05, 3.63) is 70.8 Å². The van der Waals surface area contributed by atoms with Crippen molar-refractivity contribution in [2.24, 2.45) is 23.7 Å². The first-order valence-corrected chi connectivity index (χ1v) is 27.0. The van der Waals surface area contributed by atoms with E-state index in [0.29, 0.717) is 22.3 Å². The average Bonchev–Trinajstić information content (AvgIpc) is 3.26. The molecule has 2 atom stereocenters. The van der Waals surface area contributed by atoms with Crippen LogP contribution in [0.3, 0.4) is 0 Å². The molecule has 0 saturated carbocycles. The number of ketones is 4. The lowest BCUT2D eigenvalue weighted by Crippen LogP contribution is -2.16. The van der Waals surface area contributed by atoms with Crippen LogP contribution in [0.5, 0.6) is 0 Å². The fourth-order valence-corrected chi connectivity index (χ4v) is 8.83. The summed E-state index contributed by atoms with van der Waals surface area (Å²) >= 11 is 0. The molecule has 2 aromatic rings. The number of hydrogen-bond acceptors (Lipinski definition) is 4. The fourth-order valence-electron chi connectivity index (χ4n) is 8.83. The van der Waals surface area contributed by atoms with Gasteiger partial charge < -0.3 is 0 Å². The maximum absolute atomic E-state index is 10.9. The van der Waals surface area contributed by atoms with Crippen LogP contribution in [0.4, 0.5) is 0 Å². The predicted molar refractivity (Wildman–Crippen MR) is 293 cm³/mol. The Kier molecular flexibility index (Phi) is 46.8. The minimum Gasteiger partial charge on any atom is -0.295 e. The van der Waals surface area contributed by atoms with E-state index in [0.717, 1.165) is 23.7 Å². The fraction of sp³-hybridized carbons (Fsp3) is 0.742. The van der Waals surface area contributed by atoms with E-state index in [1.54, 1.807) is 48.5 Å². The zero-order valence-corrected chi connectivity index (χ0v) is 43.8. The third-order valence-corrected chi connectivity index (χ3v) is 13.1. The van der Waals surface area contributed by atoms with Crippen molar-refractivity contribution in [3.63, 3.8) is 0 Å². The molecule has 0 aromatic heterocycles. The van der Waals surface area contributed by atoms with Gasteiger partial charge in [0.25, 0.3) is 0 Å². The maximum Gasteiger partial charge on any atom is 0.159 e. The summed E-state index contributed by atoms with van der Waals surface area (Å²) in [5.74, 6) is 3.81. The van der Waals surface area contributed by atoms with Crippen molar-refractivity contribution in [3.8, 4) is 0 Å². The summed E-state index contributed by atoms with van der Waals surface area (Å²) in [6.45, 7) is 20.2. The highest BCUT2D eigenvalue weighted by molar-refractivity contribution is 5.99. The van der Waals surface area contributed by atoms with Crippen LogP contribution in [-0.2, 0) is 0 Å². The highest BCUT2D eigenvalue weighted by Crippen LogP contribution is 2.34. The topological polar surface area (TPSA) is 68.3 Å². The normalized spacial score (nSPS) is 11.6. The molecule has 0 aliphatic rings. The average molecular weight is 920 g/mol. The van der Waals surface area contributed by atoms with Crippen LogP contribution in [0, 0.1) is 23.7 Å². The smallest absolute Gasteiger partial charge is 0.159 e. The van der Waals surface area contributed by atoms with Gasteiger partial charge in [-0.1, -0.05) is 291 Å². The molecule has 0 fully saturated rings. The van der Waals surface area contributed by atoms with E-state index >= 15 is 0 Å². The van der Waals surface area contributed by atoms with E-state index in [2.05, 4.69) is 41.5 Å². The van der Waals surface area contributed by atoms with E-state index < -0.39 is 0 Å². The van der Waals surface area contributed by atoms with Gasteiger partial charge in [0.15, 0.2) is 23.1 Å². The van der Waals surface area contributed by atoms with Crippen molar-refractivity contribution in [1.82, 2.24) is 0 Å². The number of carbonyl (C=O) groups is 4. The summed E-state index contributed by atoms with van der Waals surface area (Å²) < 4.78 is 0. The second kappa shape index (κ2) is 45.9. The molecule has 2 aromatic carbocycles. The molecule has 0 amide bonds. The molecule has 0 radical (unpaired) electrons. The molecule has 0 N–H and O–H groups in total. The molecule has 2 unspecified atom stereocenters. The largest absolute Gasteiger partial charge is 0.295 e. The third-order valence-electron chi connectivity index (χ3n) is 13.1. The van der Waals surface area contributed by atoms with Crippen LogP contribution in [-0.4, -0.2) is 23.1 Å². The molecule has 2 rings (SSSR count). The van der Waals surface area contributed by atoms with Gasteiger partial charge in [-0.2, -0.15) is 0 Å². The molecule has 0 spiro atoms. The Bertz CT molecular complexity index is 1330. The number of carbonyl (C=O) groups excluding carboxylic acids is 4. The highest BCUT2D eigenvalue weighted by atomic mass is 16.1. The van der Waals surface area contributed by atoms with Gasteiger partial charge in [0.05, 0.1) is 0 Å². The minimum absolute atomic E-state index is 0. The summed E-state index contributed by atoms with van der Waals surface area (Å²) in [6.07, 6.45) is 44.3. The molecule has 382 valence electrons. The molecule has 0 bridgehead atoms. The van der Waals surface area contributed by atoms with Crippen molar-refractivity contribution in [1.29, 1.82) is 0 Å². The van der Waals surface area contributed by atoms with Gasteiger partial charge in [-0.05, 0) is 57.4 Å². The van der Waals surface area contributed by atoms with E-state index in [-0.39, 0.29) is 38.0 Å². The Labute approximate surface area is 411 Å². The number of rotatable bonds is 37. The lowest BCUT2D eigenvalue weighted by Gasteiger charge is -2.28. The first-order chi connectivity index (χ1) is 30.7. The second-order valence-corrected chi connectivity index (χ2v) is 20.2. The molecule has 66 heavy (non-hydrogen) atoms. The first kappa shape index (κ1) is 67.4. The molecular formula is C62H110O4. The zero-order chi connectivity index (χ0) is 47.8. The van der Waals surface area contributed by atoms with Crippen molar-refractivity contribution in [2.45, 2.75) is 277 Å². The molecule has 0 heterocycles. The summed E-state index contributed by atoms with van der Waals surface area (Å²) in [4.78, 5) is 43.5. The van der Waals surface area contributed by atoms with Gasteiger partial charge >= 0.3 is 0 Å². The van der Waals surface area contributed by atoms with Crippen LogP contribution in [0.2, 0.25) is 0 Å². The van der Waals surface area contributed by atoms with Crippen molar-refractivity contribution >= 4 is 23.1 Å². The Hall–Kier alpha value is -2.88. The van der Waals surface area contributed by atoms with Crippen LogP contribution in [0.15, 0.2) is 48.5 Å². The Morgan fingerprint density at radius 1 is 0.333 bits per heavy atom. The number of unbranched alkanes of at least 4 members (excludes halogenated alkanes) is 20. The summed E-state index contributed by atoms with van der Waals surface area (Å²) in [5, 5.41) is 0.